The Morgan fingerprint density at radius 3 is 2.50 bits per heavy atom. The number of fused-ring (bicyclic) bond motifs is 1. The Balaban J connectivity index is 1.45. The maximum absolute atomic E-state index is 13.4. The van der Waals surface area contributed by atoms with E-state index in [1.165, 1.54) is 17.4 Å². The van der Waals surface area contributed by atoms with Gasteiger partial charge >= 0.3 is 6.03 Å². The lowest BCUT2D eigenvalue weighted by Gasteiger charge is -2.25. The van der Waals surface area contributed by atoms with Crippen LogP contribution in [-0.4, -0.2) is 64.3 Å². The number of benzene rings is 1. The number of hydrogen-bond acceptors (Lipinski definition) is 4. The highest BCUT2D eigenvalue weighted by molar-refractivity contribution is 5.96. The van der Waals surface area contributed by atoms with Gasteiger partial charge in [-0.3, -0.25) is 14.4 Å². The highest BCUT2D eigenvalue weighted by atomic mass is 16.2. The van der Waals surface area contributed by atoms with E-state index in [0.29, 0.717) is 0 Å². The molecule has 1 aliphatic heterocycles. The lowest BCUT2D eigenvalue weighted by atomic mass is 9.96. The van der Waals surface area contributed by atoms with Gasteiger partial charge in [0.2, 0.25) is 17.7 Å². The molecule has 2 aliphatic rings. The van der Waals surface area contributed by atoms with E-state index in [9.17, 15) is 19.2 Å². The summed E-state index contributed by atoms with van der Waals surface area (Å²) in [7, 11) is 0. The fraction of sp³-hybridized carbons (Fsp3) is 0.500. The van der Waals surface area contributed by atoms with Gasteiger partial charge < -0.3 is 31.6 Å². The zero-order valence-electron chi connectivity index (χ0n) is 22.1. The zero-order valence-corrected chi connectivity index (χ0v) is 22.1. The van der Waals surface area contributed by atoms with Crippen molar-refractivity contribution in [2.75, 3.05) is 6.54 Å². The number of aromatic amines is 1. The molecule has 1 aromatic heterocycles. The van der Waals surface area contributed by atoms with Crippen LogP contribution in [0.2, 0.25) is 0 Å². The van der Waals surface area contributed by atoms with Crippen molar-refractivity contribution in [3.8, 4) is 0 Å². The van der Waals surface area contributed by atoms with Crippen LogP contribution < -0.4 is 21.7 Å². The van der Waals surface area contributed by atoms with Crippen molar-refractivity contribution < 1.29 is 19.2 Å². The summed E-state index contributed by atoms with van der Waals surface area (Å²) in [6.07, 6.45) is 9.03. The number of rotatable bonds is 8. The van der Waals surface area contributed by atoms with Crippen LogP contribution in [0.5, 0.6) is 0 Å². The first kappa shape index (κ1) is 27.2. The van der Waals surface area contributed by atoms with Gasteiger partial charge in [0.05, 0.1) is 6.04 Å². The molecule has 0 unspecified atom stereocenters. The molecule has 0 radical (unpaired) electrons. The predicted molar refractivity (Wildman–Crippen MR) is 145 cm³/mol. The standard InChI is InChI=1S/C28H38N6O4/c1-17(2)12-25(35)34-16-20(32-28(38)31-19-8-4-3-5-9-19)14-24(34)27(37)33-23(26(29)36)13-18-15-30-22-11-7-6-10-21(18)22/h6-7,10-12,15,19-20,23-24,30H,3-5,8-9,13-14,16H2,1-2H3,(H2,29,36)(H,33,37)(H2,31,32,38)/t20-,23+,24-/m0/s1. The van der Waals surface area contributed by atoms with Crippen molar-refractivity contribution in [1.29, 1.82) is 0 Å². The average molecular weight is 523 g/mol. The van der Waals surface area contributed by atoms with E-state index in [1.54, 1.807) is 20.0 Å². The molecule has 6 N–H and O–H groups in total. The highest BCUT2D eigenvalue weighted by Crippen LogP contribution is 2.22. The summed E-state index contributed by atoms with van der Waals surface area (Å²) in [5.74, 6) is -1.44. The number of amides is 5. The molecule has 2 aromatic rings. The molecule has 1 saturated carbocycles. The number of carbonyl (C=O) groups is 4. The molecule has 0 spiro atoms. The molecule has 5 amide bonds. The van der Waals surface area contributed by atoms with E-state index >= 15 is 0 Å². The molecule has 1 aromatic carbocycles. The summed E-state index contributed by atoms with van der Waals surface area (Å²) in [6.45, 7) is 3.81. The number of aromatic nitrogens is 1. The molecule has 1 aliphatic carbocycles. The van der Waals surface area contributed by atoms with E-state index < -0.39 is 29.9 Å². The fourth-order valence-corrected chi connectivity index (χ4v) is 5.43. The van der Waals surface area contributed by atoms with Crippen LogP contribution >= 0.6 is 0 Å². The summed E-state index contributed by atoms with van der Waals surface area (Å²) < 4.78 is 0. The van der Waals surface area contributed by atoms with E-state index in [1.807, 2.05) is 24.3 Å². The molecular formula is C28H38N6O4. The van der Waals surface area contributed by atoms with Gasteiger partial charge in [0.1, 0.15) is 12.1 Å². The third kappa shape index (κ3) is 6.73. The molecule has 2 fully saturated rings. The zero-order chi connectivity index (χ0) is 27.2. The number of urea groups is 1. The van der Waals surface area contributed by atoms with Crippen LogP contribution in [0, 0.1) is 0 Å². The van der Waals surface area contributed by atoms with E-state index in [-0.39, 0.29) is 37.4 Å². The minimum Gasteiger partial charge on any atom is -0.368 e. The number of nitrogens with two attached hydrogens (primary N) is 1. The molecule has 1 saturated heterocycles. The van der Waals surface area contributed by atoms with Crippen LogP contribution in [0.15, 0.2) is 42.1 Å². The Kier molecular flexibility index (Phi) is 8.70. The van der Waals surface area contributed by atoms with Crippen LogP contribution in [0.25, 0.3) is 10.9 Å². The van der Waals surface area contributed by atoms with Gasteiger partial charge in [0, 0.05) is 42.2 Å². The monoisotopic (exact) mass is 522 g/mol. The fourth-order valence-electron chi connectivity index (χ4n) is 5.43. The van der Waals surface area contributed by atoms with Crippen molar-refractivity contribution in [3.63, 3.8) is 0 Å². The first-order chi connectivity index (χ1) is 18.2. The van der Waals surface area contributed by atoms with E-state index in [4.69, 9.17) is 5.73 Å². The number of H-pyrrole nitrogens is 1. The third-order valence-corrected chi connectivity index (χ3v) is 7.33. The van der Waals surface area contributed by atoms with Crippen molar-refractivity contribution in [2.45, 2.75) is 83.0 Å². The largest absolute Gasteiger partial charge is 0.368 e. The molecule has 10 nitrogen and oxygen atoms in total. The average Bonchev–Trinajstić information content (AvgIpc) is 3.48. The summed E-state index contributed by atoms with van der Waals surface area (Å²) in [6, 6.07) is 5.34. The lowest BCUT2D eigenvalue weighted by molar-refractivity contribution is -0.136. The number of allylic oxidation sites excluding steroid dienone is 1. The van der Waals surface area contributed by atoms with Gasteiger partial charge in [-0.2, -0.15) is 0 Å². The van der Waals surface area contributed by atoms with Gasteiger partial charge in [-0.15, -0.1) is 0 Å². The van der Waals surface area contributed by atoms with Gasteiger partial charge in [-0.25, -0.2) is 4.79 Å². The SMILES string of the molecule is CC(C)=CC(=O)N1C[C@@H](NC(=O)NC2CCCCC2)C[C@H]1C(=O)N[C@H](Cc1c[nH]c2ccccc12)C(N)=O. The first-order valence-electron chi connectivity index (χ1n) is 13.4. The van der Waals surface area contributed by atoms with Crippen molar-refractivity contribution in [3.05, 3.63) is 47.7 Å². The molecule has 3 atom stereocenters. The Morgan fingerprint density at radius 1 is 1.08 bits per heavy atom. The van der Waals surface area contributed by atoms with Crippen LogP contribution in [0.1, 0.15) is 57.9 Å². The normalized spacial score (nSPS) is 20.5. The van der Waals surface area contributed by atoms with E-state index in [0.717, 1.165) is 47.7 Å². The van der Waals surface area contributed by atoms with Crippen molar-refractivity contribution >= 4 is 34.7 Å². The lowest BCUT2D eigenvalue weighted by Crippen LogP contribution is -2.52. The Labute approximate surface area is 222 Å². The number of nitrogens with zero attached hydrogens (tertiary/aromatic N) is 1. The van der Waals surface area contributed by atoms with Gasteiger partial charge in [-0.1, -0.05) is 43.0 Å². The third-order valence-electron chi connectivity index (χ3n) is 7.33. The summed E-state index contributed by atoms with van der Waals surface area (Å²) in [4.78, 5) is 56.0. The van der Waals surface area contributed by atoms with Gasteiger partial charge in [-0.05, 0) is 44.7 Å². The highest BCUT2D eigenvalue weighted by Gasteiger charge is 2.40. The summed E-state index contributed by atoms with van der Waals surface area (Å²) >= 11 is 0. The minimum atomic E-state index is -0.955. The Hall–Kier alpha value is -3.82. The number of carbonyl (C=O) groups excluding carboxylic acids is 4. The van der Waals surface area contributed by atoms with E-state index in [2.05, 4.69) is 20.9 Å². The maximum atomic E-state index is 13.4. The van der Waals surface area contributed by atoms with Crippen LogP contribution in [0.3, 0.4) is 0 Å². The molecule has 0 bridgehead atoms. The molecule has 38 heavy (non-hydrogen) atoms. The Morgan fingerprint density at radius 2 is 1.79 bits per heavy atom. The second-order valence-corrected chi connectivity index (χ2v) is 10.6. The smallest absolute Gasteiger partial charge is 0.315 e. The number of likely N-dealkylation sites (tertiary alicyclic amines) is 1. The second kappa shape index (κ2) is 12.1. The number of primary amides is 1. The topological polar surface area (TPSA) is 149 Å². The van der Waals surface area contributed by atoms with Crippen LogP contribution in [-0.2, 0) is 20.8 Å². The molecule has 4 rings (SSSR count). The second-order valence-electron chi connectivity index (χ2n) is 10.6. The molecule has 204 valence electrons. The number of hydrogen-bond donors (Lipinski definition) is 5. The quantitative estimate of drug-likeness (QED) is 0.338. The molecular weight excluding hydrogens is 484 g/mol. The minimum absolute atomic E-state index is 0.147. The van der Waals surface area contributed by atoms with Gasteiger partial charge in [0.25, 0.3) is 0 Å². The van der Waals surface area contributed by atoms with Crippen LogP contribution in [0.4, 0.5) is 4.79 Å². The number of para-hydroxylation sites is 1. The Bertz CT molecular complexity index is 1210. The maximum Gasteiger partial charge on any atom is 0.315 e. The first-order valence-corrected chi connectivity index (χ1v) is 13.4. The predicted octanol–water partition coefficient (Wildman–Crippen LogP) is 2.25. The molecule has 10 heteroatoms. The van der Waals surface area contributed by atoms with Crippen molar-refractivity contribution in [2.24, 2.45) is 5.73 Å². The summed E-state index contributed by atoms with van der Waals surface area (Å²) in [5.41, 5.74) is 8.25. The van der Waals surface area contributed by atoms with Crippen molar-refractivity contribution in [1.82, 2.24) is 25.8 Å². The summed E-state index contributed by atoms with van der Waals surface area (Å²) in [5, 5.41) is 9.68. The van der Waals surface area contributed by atoms with Gasteiger partial charge in [0.15, 0.2) is 0 Å². The number of nitrogens with one attached hydrogen (secondary N) is 4. The molecule has 2 heterocycles.